The maximum atomic E-state index is 12.9. The summed E-state index contributed by atoms with van der Waals surface area (Å²) in [6.07, 6.45) is 3.69. The van der Waals surface area contributed by atoms with Crippen LogP contribution in [0, 0.1) is 0 Å². The number of amides is 4. The fourth-order valence-electron chi connectivity index (χ4n) is 4.54. The highest BCUT2D eigenvalue weighted by Crippen LogP contribution is 2.29. The van der Waals surface area contributed by atoms with Crippen molar-refractivity contribution < 1.29 is 19.2 Å². The number of carbonyl (C=O) groups excluding carboxylic acids is 4. The Bertz CT molecular complexity index is 1580. The molecule has 4 heterocycles. The van der Waals surface area contributed by atoms with Crippen molar-refractivity contribution in [3.8, 4) is 5.69 Å². The topological polar surface area (TPSA) is 139 Å². The van der Waals surface area contributed by atoms with Crippen LogP contribution in [-0.2, 0) is 16.1 Å². The molecule has 6 rings (SSSR count). The van der Waals surface area contributed by atoms with E-state index in [2.05, 4.69) is 25.9 Å². The van der Waals surface area contributed by atoms with Crippen molar-refractivity contribution in [3.05, 3.63) is 77.7 Å². The zero-order valence-corrected chi connectivity index (χ0v) is 18.8. The minimum absolute atomic E-state index is 0.123. The van der Waals surface area contributed by atoms with Crippen LogP contribution in [0.1, 0.15) is 39.3 Å². The van der Waals surface area contributed by atoms with E-state index < -0.39 is 17.9 Å². The molecule has 36 heavy (non-hydrogen) atoms. The lowest BCUT2D eigenvalue weighted by molar-refractivity contribution is -0.136. The van der Waals surface area contributed by atoms with Crippen LogP contribution in [0.15, 0.2) is 60.9 Å². The smallest absolute Gasteiger partial charge is 0.277 e. The van der Waals surface area contributed by atoms with Crippen LogP contribution in [0.5, 0.6) is 0 Å². The highest BCUT2D eigenvalue weighted by Gasteiger charge is 2.39. The molecule has 0 aliphatic carbocycles. The van der Waals surface area contributed by atoms with Gasteiger partial charge in [-0.2, -0.15) is 0 Å². The molecule has 11 heteroatoms. The number of rotatable bonds is 4. The number of hydrogen-bond donors (Lipinski definition) is 2. The van der Waals surface area contributed by atoms with Gasteiger partial charge in [-0.15, -0.1) is 5.10 Å². The monoisotopic (exact) mass is 481 g/mol. The van der Waals surface area contributed by atoms with E-state index in [4.69, 9.17) is 0 Å². The van der Waals surface area contributed by atoms with Crippen LogP contribution >= 0.6 is 0 Å². The minimum Gasteiger partial charge on any atom is -0.322 e. The lowest BCUT2D eigenvalue weighted by atomic mass is 10.0. The maximum absolute atomic E-state index is 12.9. The molecule has 1 atom stereocenters. The molecule has 0 saturated carbocycles. The quantitative estimate of drug-likeness (QED) is 0.424. The zero-order chi connectivity index (χ0) is 24.8. The third kappa shape index (κ3) is 3.76. The van der Waals surface area contributed by atoms with E-state index in [-0.39, 0.29) is 30.5 Å². The van der Waals surface area contributed by atoms with Gasteiger partial charge in [0.15, 0.2) is 5.69 Å². The molecular weight excluding hydrogens is 462 g/mol. The Morgan fingerprint density at radius 2 is 1.97 bits per heavy atom. The summed E-state index contributed by atoms with van der Waals surface area (Å²) in [5.41, 5.74) is 3.31. The predicted molar refractivity (Wildman–Crippen MR) is 127 cm³/mol. The van der Waals surface area contributed by atoms with Gasteiger partial charge >= 0.3 is 0 Å². The second kappa shape index (κ2) is 8.38. The molecule has 1 saturated heterocycles. The van der Waals surface area contributed by atoms with E-state index in [1.165, 1.54) is 15.8 Å². The first-order valence-electron chi connectivity index (χ1n) is 11.3. The van der Waals surface area contributed by atoms with E-state index in [1.54, 1.807) is 36.5 Å². The number of pyridine rings is 1. The van der Waals surface area contributed by atoms with Gasteiger partial charge in [0.05, 0.1) is 17.4 Å². The van der Waals surface area contributed by atoms with Gasteiger partial charge in [0.1, 0.15) is 6.04 Å². The van der Waals surface area contributed by atoms with Gasteiger partial charge in [0.2, 0.25) is 11.8 Å². The second-order valence-corrected chi connectivity index (χ2v) is 8.65. The first-order chi connectivity index (χ1) is 17.5. The van der Waals surface area contributed by atoms with Crippen LogP contribution in [0.25, 0.3) is 16.6 Å². The van der Waals surface area contributed by atoms with Crippen molar-refractivity contribution in [1.29, 1.82) is 0 Å². The number of aromatic nitrogens is 4. The molecule has 1 unspecified atom stereocenters. The number of anilines is 1. The van der Waals surface area contributed by atoms with Gasteiger partial charge in [-0.05, 0) is 48.4 Å². The Morgan fingerprint density at radius 1 is 1.08 bits per heavy atom. The molecule has 2 aliphatic heterocycles. The molecule has 2 aliphatic rings. The van der Waals surface area contributed by atoms with Crippen molar-refractivity contribution in [2.45, 2.75) is 25.4 Å². The Balaban J connectivity index is 1.19. The summed E-state index contributed by atoms with van der Waals surface area (Å²) >= 11 is 0. The van der Waals surface area contributed by atoms with Gasteiger partial charge in [-0.25, -0.2) is 4.68 Å². The number of hydrogen-bond acceptors (Lipinski definition) is 7. The van der Waals surface area contributed by atoms with Crippen LogP contribution < -0.4 is 10.6 Å². The standard InChI is InChI=1S/C25H19N7O4/c33-22-8-7-21(24(35)28-22)31-12-15-10-17(5-6-18(15)25(31)36)32-13-20(29-30-32)23(34)27-16-4-3-14-2-1-9-26-19(14)11-16/h1-6,9-11,13,21H,7-8,12H2,(H,27,34)(H,28,33,35). The van der Waals surface area contributed by atoms with E-state index in [9.17, 15) is 19.2 Å². The summed E-state index contributed by atoms with van der Waals surface area (Å²) in [6, 6.07) is 13.7. The number of benzene rings is 2. The fourth-order valence-corrected chi connectivity index (χ4v) is 4.54. The van der Waals surface area contributed by atoms with Crippen molar-refractivity contribution >= 4 is 40.2 Å². The molecule has 178 valence electrons. The molecule has 11 nitrogen and oxygen atoms in total. The molecule has 2 aromatic carbocycles. The average Bonchev–Trinajstić information content (AvgIpc) is 3.49. The van der Waals surface area contributed by atoms with E-state index in [0.717, 1.165) is 16.5 Å². The zero-order valence-electron chi connectivity index (χ0n) is 18.8. The molecular formula is C25H19N7O4. The first kappa shape index (κ1) is 21.6. The fraction of sp³-hybridized carbons (Fsp3) is 0.160. The molecule has 2 N–H and O–H groups in total. The Morgan fingerprint density at radius 3 is 2.83 bits per heavy atom. The summed E-state index contributed by atoms with van der Waals surface area (Å²) in [7, 11) is 0. The largest absolute Gasteiger partial charge is 0.322 e. The molecule has 1 fully saturated rings. The predicted octanol–water partition coefficient (Wildman–Crippen LogP) is 1.83. The summed E-state index contributed by atoms with van der Waals surface area (Å²) in [6.45, 7) is 0.242. The number of nitrogens with one attached hydrogen (secondary N) is 2. The van der Waals surface area contributed by atoms with Gasteiger partial charge in [0, 0.05) is 35.8 Å². The molecule has 2 aromatic heterocycles. The summed E-state index contributed by atoms with van der Waals surface area (Å²) in [5, 5.41) is 14.1. The average molecular weight is 481 g/mol. The van der Waals surface area contributed by atoms with Crippen LogP contribution in [0.2, 0.25) is 0 Å². The number of carbonyl (C=O) groups is 4. The molecule has 4 aromatic rings. The van der Waals surface area contributed by atoms with Crippen LogP contribution in [0.4, 0.5) is 5.69 Å². The Kier molecular flexibility index (Phi) is 5.03. The van der Waals surface area contributed by atoms with E-state index in [1.807, 2.05) is 18.2 Å². The van der Waals surface area contributed by atoms with Gasteiger partial charge < -0.3 is 10.2 Å². The van der Waals surface area contributed by atoms with Crippen molar-refractivity contribution in [3.63, 3.8) is 0 Å². The van der Waals surface area contributed by atoms with Gasteiger partial charge in [0.25, 0.3) is 11.8 Å². The summed E-state index contributed by atoms with van der Waals surface area (Å²) < 4.78 is 1.45. The van der Waals surface area contributed by atoms with Crippen LogP contribution in [-0.4, -0.2) is 54.5 Å². The van der Waals surface area contributed by atoms with E-state index >= 15 is 0 Å². The maximum Gasteiger partial charge on any atom is 0.277 e. The molecule has 0 radical (unpaired) electrons. The second-order valence-electron chi connectivity index (χ2n) is 8.65. The summed E-state index contributed by atoms with van der Waals surface area (Å²) in [4.78, 5) is 55.1. The van der Waals surface area contributed by atoms with Crippen LogP contribution in [0.3, 0.4) is 0 Å². The van der Waals surface area contributed by atoms with Gasteiger partial charge in [-0.3, -0.25) is 29.5 Å². The minimum atomic E-state index is -0.682. The number of imide groups is 1. The third-order valence-electron chi connectivity index (χ3n) is 6.36. The van der Waals surface area contributed by atoms with E-state index in [0.29, 0.717) is 23.4 Å². The van der Waals surface area contributed by atoms with Gasteiger partial charge in [-0.1, -0.05) is 17.3 Å². The number of piperidine rings is 1. The highest BCUT2D eigenvalue weighted by molar-refractivity contribution is 6.05. The van der Waals surface area contributed by atoms with Crippen molar-refractivity contribution in [2.75, 3.05) is 5.32 Å². The first-order valence-corrected chi connectivity index (χ1v) is 11.3. The number of nitrogens with zero attached hydrogens (tertiary/aromatic N) is 5. The SMILES string of the molecule is O=C1CCC(N2Cc3cc(-n4cc(C(=O)Nc5ccc6cccnc6c5)nn4)ccc3C2=O)C(=O)N1. The highest BCUT2D eigenvalue weighted by atomic mass is 16.2. The molecule has 0 spiro atoms. The number of fused-ring (bicyclic) bond motifs is 2. The van der Waals surface area contributed by atoms with Crippen molar-refractivity contribution in [1.82, 2.24) is 30.2 Å². The lowest BCUT2D eigenvalue weighted by Gasteiger charge is -2.29. The van der Waals surface area contributed by atoms with Crippen molar-refractivity contribution in [2.24, 2.45) is 0 Å². The Labute approximate surface area is 204 Å². The summed E-state index contributed by atoms with van der Waals surface area (Å²) in [5.74, 6) is -1.46. The molecule has 0 bridgehead atoms. The lowest BCUT2D eigenvalue weighted by Crippen LogP contribution is -2.52. The Hall–Kier alpha value is -4.93. The molecule has 4 amide bonds. The normalized spacial score (nSPS) is 17.3. The third-order valence-corrected chi connectivity index (χ3v) is 6.36.